The maximum atomic E-state index is 13.7. The Bertz CT molecular complexity index is 585. The summed E-state index contributed by atoms with van der Waals surface area (Å²) in [6, 6.07) is 4.84. The summed E-state index contributed by atoms with van der Waals surface area (Å²) >= 11 is 1.51. The van der Waals surface area contributed by atoms with Crippen LogP contribution >= 0.6 is 11.3 Å². The van der Waals surface area contributed by atoms with Gasteiger partial charge in [0.15, 0.2) is 11.6 Å². The summed E-state index contributed by atoms with van der Waals surface area (Å²) in [5.41, 5.74) is 7.12. The zero-order valence-corrected chi connectivity index (χ0v) is 12.2. The van der Waals surface area contributed by atoms with Gasteiger partial charge in [0.05, 0.1) is 0 Å². The number of halogens is 2. The van der Waals surface area contributed by atoms with E-state index in [4.69, 9.17) is 10.5 Å². The third-order valence-electron chi connectivity index (χ3n) is 3.17. The van der Waals surface area contributed by atoms with Crippen molar-refractivity contribution in [2.24, 2.45) is 5.73 Å². The molecule has 0 saturated heterocycles. The van der Waals surface area contributed by atoms with Gasteiger partial charge >= 0.3 is 0 Å². The van der Waals surface area contributed by atoms with E-state index in [9.17, 15) is 8.78 Å². The first-order chi connectivity index (χ1) is 9.52. The van der Waals surface area contributed by atoms with E-state index < -0.39 is 17.7 Å². The molecule has 0 aliphatic rings. The Morgan fingerprint density at radius 3 is 2.65 bits per heavy atom. The summed E-state index contributed by atoms with van der Waals surface area (Å²) in [5, 5.41) is 1.94. The second kappa shape index (κ2) is 6.33. The maximum Gasteiger partial charge on any atom is 0.165 e. The molecule has 0 bridgehead atoms. The first kappa shape index (κ1) is 14.9. The van der Waals surface area contributed by atoms with Crippen LogP contribution in [0.3, 0.4) is 0 Å². The Morgan fingerprint density at radius 2 is 2.05 bits per heavy atom. The Hall–Kier alpha value is -1.46. The van der Waals surface area contributed by atoms with Crippen molar-refractivity contribution in [2.75, 3.05) is 0 Å². The van der Waals surface area contributed by atoms with Gasteiger partial charge in [-0.15, -0.1) is 11.3 Å². The predicted octanol–water partition coefficient (Wildman–Crippen LogP) is 4.19. The number of thiophene rings is 1. The van der Waals surface area contributed by atoms with Crippen molar-refractivity contribution in [2.45, 2.75) is 32.4 Å². The largest absolute Gasteiger partial charge is 0.480 e. The highest BCUT2D eigenvalue weighted by atomic mass is 32.1. The van der Waals surface area contributed by atoms with Crippen molar-refractivity contribution in [3.05, 3.63) is 51.7 Å². The highest BCUT2D eigenvalue weighted by molar-refractivity contribution is 7.10. The van der Waals surface area contributed by atoms with E-state index in [1.807, 2.05) is 25.3 Å². The van der Waals surface area contributed by atoms with Crippen LogP contribution in [0.1, 0.15) is 29.9 Å². The second-order valence-electron chi connectivity index (χ2n) is 4.65. The lowest BCUT2D eigenvalue weighted by Crippen LogP contribution is -2.31. The van der Waals surface area contributed by atoms with Crippen molar-refractivity contribution in [3.63, 3.8) is 0 Å². The molecule has 2 atom stereocenters. The topological polar surface area (TPSA) is 35.2 Å². The predicted molar refractivity (Wildman–Crippen MR) is 77.0 cm³/mol. The SMILES string of the molecule is CCC(N)C(Oc1cc(F)ccc1F)c1sccc1C. The Kier molecular flexibility index (Phi) is 4.73. The average molecular weight is 297 g/mol. The molecule has 0 amide bonds. The van der Waals surface area contributed by atoms with Crippen LogP contribution in [0, 0.1) is 18.6 Å². The number of hydrogen-bond donors (Lipinski definition) is 1. The zero-order chi connectivity index (χ0) is 14.7. The van der Waals surface area contributed by atoms with Crippen LogP contribution in [-0.4, -0.2) is 6.04 Å². The molecule has 1 aromatic heterocycles. The highest BCUT2D eigenvalue weighted by Crippen LogP contribution is 2.32. The number of nitrogens with two attached hydrogens (primary N) is 1. The molecule has 0 radical (unpaired) electrons. The van der Waals surface area contributed by atoms with Crippen LogP contribution in [0.4, 0.5) is 8.78 Å². The van der Waals surface area contributed by atoms with Gasteiger partial charge in [0, 0.05) is 17.0 Å². The summed E-state index contributed by atoms with van der Waals surface area (Å²) in [7, 11) is 0. The van der Waals surface area contributed by atoms with Crippen molar-refractivity contribution in [1.82, 2.24) is 0 Å². The van der Waals surface area contributed by atoms with Gasteiger partial charge in [-0.05, 0) is 42.5 Å². The zero-order valence-electron chi connectivity index (χ0n) is 11.4. The van der Waals surface area contributed by atoms with Crippen LogP contribution in [-0.2, 0) is 0 Å². The molecule has 5 heteroatoms. The molecule has 2 unspecified atom stereocenters. The van der Waals surface area contributed by atoms with Crippen LogP contribution in [0.2, 0.25) is 0 Å². The normalized spacial score (nSPS) is 14.1. The molecule has 0 saturated carbocycles. The Balaban J connectivity index is 2.33. The van der Waals surface area contributed by atoms with E-state index in [1.54, 1.807) is 0 Å². The molecule has 1 heterocycles. The monoisotopic (exact) mass is 297 g/mol. The van der Waals surface area contributed by atoms with E-state index in [0.717, 1.165) is 28.6 Å². The average Bonchev–Trinajstić information content (AvgIpc) is 2.85. The summed E-state index contributed by atoms with van der Waals surface area (Å²) in [4.78, 5) is 0.947. The Labute approximate surface area is 121 Å². The number of hydrogen-bond acceptors (Lipinski definition) is 3. The lowest BCUT2D eigenvalue weighted by atomic mass is 10.1. The molecule has 2 rings (SSSR count). The molecule has 0 fully saturated rings. The van der Waals surface area contributed by atoms with Crippen LogP contribution < -0.4 is 10.5 Å². The summed E-state index contributed by atoms with van der Waals surface area (Å²) < 4.78 is 32.6. The molecule has 108 valence electrons. The minimum atomic E-state index is -0.589. The summed E-state index contributed by atoms with van der Waals surface area (Å²) in [6.07, 6.45) is 0.204. The third kappa shape index (κ3) is 3.16. The van der Waals surface area contributed by atoms with Gasteiger partial charge in [-0.1, -0.05) is 6.92 Å². The standard InChI is InChI=1S/C15H17F2NOS/c1-3-12(18)14(15-9(2)6-7-20-15)19-13-8-10(16)4-5-11(13)17/h4-8,12,14H,3,18H2,1-2H3. The number of rotatable bonds is 5. The van der Waals surface area contributed by atoms with Gasteiger partial charge in [0.2, 0.25) is 0 Å². The van der Waals surface area contributed by atoms with Crippen LogP contribution in [0.15, 0.2) is 29.6 Å². The van der Waals surface area contributed by atoms with E-state index >= 15 is 0 Å². The highest BCUT2D eigenvalue weighted by Gasteiger charge is 2.24. The maximum absolute atomic E-state index is 13.7. The molecule has 1 aromatic carbocycles. The quantitative estimate of drug-likeness (QED) is 0.898. The fourth-order valence-electron chi connectivity index (χ4n) is 1.93. The van der Waals surface area contributed by atoms with Crippen molar-refractivity contribution in [3.8, 4) is 5.75 Å². The molecular weight excluding hydrogens is 280 g/mol. The number of benzene rings is 1. The minimum absolute atomic E-state index is 0.105. The lowest BCUT2D eigenvalue weighted by Gasteiger charge is -2.24. The Morgan fingerprint density at radius 1 is 1.30 bits per heavy atom. The third-order valence-corrected chi connectivity index (χ3v) is 4.25. The summed E-state index contributed by atoms with van der Waals surface area (Å²) in [5.74, 6) is -1.23. The van der Waals surface area contributed by atoms with Gasteiger partial charge in [-0.2, -0.15) is 0 Å². The van der Waals surface area contributed by atoms with Gasteiger partial charge in [-0.3, -0.25) is 0 Å². The molecule has 0 spiro atoms. The van der Waals surface area contributed by atoms with Crippen molar-refractivity contribution >= 4 is 11.3 Å². The minimum Gasteiger partial charge on any atom is -0.480 e. The molecule has 2 aromatic rings. The first-order valence-corrected chi connectivity index (χ1v) is 7.32. The van der Waals surface area contributed by atoms with Gasteiger partial charge in [-0.25, -0.2) is 8.78 Å². The van der Waals surface area contributed by atoms with Crippen LogP contribution in [0.25, 0.3) is 0 Å². The van der Waals surface area contributed by atoms with Crippen LogP contribution in [0.5, 0.6) is 5.75 Å². The van der Waals surface area contributed by atoms with Gasteiger partial charge in [0.1, 0.15) is 11.9 Å². The van der Waals surface area contributed by atoms with E-state index in [2.05, 4.69) is 0 Å². The fraction of sp³-hybridized carbons (Fsp3) is 0.333. The van der Waals surface area contributed by atoms with E-state index in [-0.39, 0.29) is 11.8 Å². The summed E-state index contributed by atoms with van der Waals surface area (Å²) in [6.45, 7) is 3.89. The van der Waals surface area contributed by atoms with Crippen molar-refractivity contribution < 1.29 is 13.5 Å². The van der Waals surface area contributed by atoms with E-state index in [0.29, 0.717) is 6.42 Å². The first-order valence-electron chi connectivity index (χ1n) is 6.44. The molecular formula is C15H17F2NOS. The number of aryl methyl sites for hydroxylation is 1. The molecule has 2 N–H and O–H groups in total. The fourth-order valence-corrected chi connectivity index (χ4v) is 2.96. The molecule has 0 aliphatic heterocycles. The number of ether oxygens (including phenoxy) is 1. The lowest BCUT2D eigenvalue weighted by molar-refractivity contribution is 0.166. The molecule has 2 nitrogen and oxygen atoms in total. The second-order valence-corrected chi connectivity index (χ2v) is 5.60. The molecule has 0 aliphatic carbocycles. The smallest absolute Gasteiger partial charge is 0.165 e. The van der Waals surface area contributed by atoms with Gasteiger partial charge < -0.3 is 10.5 Å². The van der Waals surface area contributed by atoms with Gasteiger partial charge in [0.25, 0.3) is 0 Å². The van der Waals surface area contributed by atoms with Crippen molar-refractivity contribution in [1.29, 1.82) is 0 Å². The van der Waals surface area contributed by atoms with E-state index in [1.165, 1.54) is 11.3 Å². The molecule has 20 heavy (non-hydrogen) atoms.